The summed E-state index contributed by atoms with van der Waals surface area (Å²) in [4.78, 5) is 28.8. The Bertz CT molecular complexity index is 795. The number of carbonyl (C=O) groups excluding carboxylic acids is 2. The van der Waals surface area contributed by atoms with E-state index in [0.29, 0.717) is 21.5 Å². The van der Waals surface area contributed by atoms with Gasteiger partial charge in [-0.3, -0.25) is 9.00 Å². The van der Waals surface area contributed by atoms with Crippen molar-refractivity contribution in [3.63, 3.8) is 0 Å². The summed E-state index contributed by atoms with van der Waals surface area (Å²) in [6.07, 6.45) is 0.345. The van der Waals surface area contributed by atoms with Crippen LogP contribution in [0, 0.1) is 0 Å². The van der Waals surface area contributed by atoms with Gasteiger partial charge in [0.1, 0.15) is 5.82 Å². The van der Waals surface area contributed by atoms with Crippen molar-refractivity contribution in [3.8, 4) is 0 Å². The second kappa shape index (κ2) is 8.73. The second-order valence-electron chi connectivity index (χ2n) is 5.03. The molecule has 0 aliphatic carbocycles. The predicted molar refractivity (Wildman–Crippen MR) is 96.1 cm³/mol. The Labute approximate surface area is 153 Å². The molecule has 1 amide bonds. The highest BCUT2D eigenvalue weighted by Gasteiger charge is 2.22. The number of hydrogen-bond donors (Lipinski definition) is 1. The summed E-state index contributed by atoms with van der Waals surface area (Å²) < 4.78 is 17.2. The first-order chi connectivity index (χ1) is 11.9. The third-order valence-corrected chi connectivity index (χ3v) is 4.84. The van der Waals surface area contributed by atoms with E-state index in [-0.39, 0.29) is 5.56 Å². The van der Waals surface area contributed by atoms with Crippen LogP contribution < -0.4 is 5.32 Å². The zero-order valence-corrected chi connectivity index (χ0v) is 15.3. The Kier molecular flexibility index (Phi) is 6.66. The summed E-state index contributed by atoms with van der Waals surface area (Å²) in [5.74, 6) is -0.561. The van der Waals surface area contributed by atoms with Gasteiger partial charge in [0.25, 0.3) is 5.91 Å². The number of rotatable bonds is 6. The molecule has 1 aromatic carbocycles. The molecule has 2 atom stereocenters. The smallest absolute Gasteiger partial charge is 0.340 e. The number of benzene rings is 1. The first-order valence-electron chi connectivity index (χ1n) is 7.53. The highest BCUT2D eigenvalue weighted by Crippen LogP contribution is 2.16. The molecule has 0 aliphatic heterocycles. The van der Waals surface area contributed by atoms with E-state index in [1.54, 1.807) is 31.2 Å². The summed E-state index contributed by atoms with van der Waals surface area (Å²) in [5, 5.41) is 2.97. The molecule has 0 aliphatic rings. The summed E-state index contributed by atoms with van der Waals surface area (Å²) in [6, 6.07) is 9.60. The van der Waals surface area contributed by atoms with Crippen LogP contribution in [0.1, 0.15) is 24.2 Å². The minimum Gasteiger partial charge on any atom is -0.449 e. The molecule has 0 bridgehead atoms. The Morgan fingerprint density at radius 1 is 1.28 bits per heavy atom. The summed E-state index contributed by atoms with van der Waals surface area (Å²) in [5.41, 5.74) is 0.187. The lowest BCUT2D eigenvalue weighted by Gasteiger charge is -2.14. The number of nitrogens with one attached hydrogen (secondary N) is 1. The van der Waals surface area contributed by atoms with Gasteiger partial charge in [0, 0.05) is 11.9 Å². The summed E-state index contributed by atoms with van der Waals surface area (Å²) in [7, 11) is -1.31. The topological polar surface area (TPSA) is 85.4 Å². The van der Waals surface area contributed by atoms with Crippen LogP contribution >= 0.6 is 11.6 Å². The number of nitrogens with zero attached hydrogens (tertiary/aromatic N) is 1. The van der Waals surface area contributed by atoms with Crippen LogP contribution in [0.3, 0.4) is 0 Å². The van der Waals surface area contributed by atoms with Gasteiger partial charge in [-0.1, -0.05) is 30.7 Å². The van der Waals surface area contributed by atoms with Crippen LogP contribution in [0.4, 0.5) is 5.82 Å². The van der Waals surface area contributed by atoms with E-state index < -0.39 is 28.8 Å². The molecule has 1 heterocycles. The maximum Gasteiger partial charge on any atom is 0.340 e. The number of esters is 1. The van der Waals surface area contributed by atoms with Crippen molar-refractivity contribution in [2.45, 2.75) is 24.8 Å². The number of pyridine rings is 1. The average Bonchev–Trinajstić information content (AvgIpc) is 2.62. The Balaban J connectivity index is 2.06. The molecule has 6 nitrogen and oxygen atoms in total. The fourth-order valence-electron chi connectivity index (χ4n) is 1.94. The van der Waals surface area contributed by atoms with E-state index in [2.05, 4.69) is 10.3 Å². The van der Waals surface area contributed by atoms with Gasteiger partial charge in [-0.25, -0.2) is 9.78 Å². The maximum absolute atomic E-state index is 12.3. The van der Waals surface area contributed by atoms with E-state index in [4.69, 9.17) is 16.3 Å². The van der Waals surface area contributed by atoms with Gasteiger partial charge >= 0.3 is 5.97 Å². The van der Waals surface area contributed by atoms with Crippen LogP contribution in [0.15, 0.2) is 47.5 Å². The predicted octanol–water partition coefficient (Wildman–Crippen LogP) is 3.05. The van der Waals surface area contributed by atoms with Crippen molar-refractivity contribution in [1.82, 2.24) is 4.98 Å². The fraction of sp³-hybridized carbons (Fsp3) is 0.235. The van der Waals surface area contributed by atoms with Crippen molar-refractivity contribution in [2.24, 2.45) is 0 Å². The number of aromatic nitrogens is 1. The summed E-state index contributed by atoms with van der Waals surface area (Å²) >= 11 is 5.73. The second-order valence-corrected chi connectivity index (χ2v) is 7.17. The largest absolute Gasteiger partial charge is 0.449 e. The van der Waals surface area contributed by atoms with Gasteiger partial charge in [-0.05, 0) is 31.2 Å². The third kappa shape index (κ3) is 5.11. The lowest BCUT2D eigenvalue weighted by molar-refractivity contribution is -0.123. The van der Waals surface area contributed by atoms with E-state index in [1.807, 2.05) is 0 Å². The minimum absolute atomic E-state index is 0.187. The van der Waals surface area contributed by atoms with E-state index in [0.717, 1.165) is 0 Å². The quantitative estimate of drug-likeness (QED) is 0.778. The number of amides is 1. The molecular formula is C17H17ClN2O4S. The molecule has 1 N–H and O–H groups in total. The standard InChI is InChI=1S/C17H17ClN2O4S/c1-3-25(23)14-7-5-4-6-13(14)17(22)24-11(2)16(21)20-15-9-8-12(18)10-19-15/h4-11H,3H2,1-2H3,(H,19,20,21)/t11-,25-/m1/s1. The van der Waals surface area contributed by atoms with Gasteiger partial charge in [-0.2, -0.15) is 0 Å². The Morgan fingerprint density at radius 2 is 2.00 bits per heavy atom. The van der Waals surface area contributed by atoms with Gasteiger partial charge < -0.3 is 10.1 Å². The molecule has 2 aromatic rings. The van der Waals surface area contributed by atoms with Crippen molar-refractivity contribution >= 4 is 40.1 Å². The van der Waals surface area contributed by atoms with Crippen LogP contribution in [0.2, 0.25) is 5.02 Å². The molecule has 0 saturated carbocycles. The van der Waals surface area contributed by atoms with Crippen molar-refractivity contribution in [3.05, 3.63) is 53.2 Å². The SMILES string of the molecule is CC[S@@](=O)c1ccccc1C(=O)O[C@H](C)C(=O)Nc1ccc(Cl)cn1. The normalized spacial score (nSPS) is 12.9. The molecule has 0 saturated heterocycles. The Morgan fingerprint density at radius 3 is 2.64 bits per heavy atom. The highest BCUT2D eigenvalue weighted by molar-refractivity contribution is 7.85. The van der Waals surface area contributed by atoms with Crippen LogP contribution in [0.25, 0.3) is 0 Å². The third-order valence-electron chi connectivity index (χ3n) is 3.25. The maximum atomic E-state index is 12.3. The van der Waals surface area contributed by atoms with E-state index in [1.165, 1.54) is 25.3 Å². The molecule has 1 aromatic heterocycles. The lowest BCUT2D eigenvalue weighted by atomic mass is 10.2. The zero-order chi connectivity index (χ0) is 18.4. The Hall–Kier alpha value is -2.25. The zero-order valence-electron chi connectivity index (χ0n) is 13.7. The molecule has 0 radical (unpaired) electrons. The van der Waals surface area contributed by atoms with Gasteiger partial charge in [0.05, 0.1) is 26.3 Å². The van der Waals surface area contributed by atoms with Crippen LogP contribution in [-0.2, 0) is 20.3 Å². The molecule has 2 rings (SSSR count). The van der Waals surface area contributed by atoms with Gasteiger partial charge in [-0.15, -0.1) is 0 Å². The molecule has 132 valence electrons. The van der Waals surface area contributed by atoms with Gasteiger partial charge in [0.15, 0.2) is 6.10 Å². The molecule has 8 heteroatoms. The van der Waals surface area contributed by atoms with Gasteiger partial charge in [0.2, 0.25) is 0 Å². The van der Waals surface area contributed by atoms with E-state index >= 15 is 0 Å². The summed E-state index contributed by atoms with van der Waals surface area (Å²) in [6.45, 7) is 3.20. The van der Waals surface area contributed by atoms with Crippen LogP contribution in [-0.4, -0.2) is 32.9 Å². The first-order valence-corrected chi connectivity index (χ1v) is 9.23. The number of hydrogen-bond acceptors (Lipinski definition) is 5. The molecule has 0 spiro atoms. The van der Waals surface area contributed by atoms with Crippen molar-refractivity contribution < 1.29 is 18.5 Å². The van der Waals surface area contributed by atoms with E-state index in [9.17, 15) is 13.8 Å². The number of carbonyl (C=O) groups is 2. The van der Waals surface area contributed by atoms with Crippen LogP contribution in [0.5, 0.6) is 0 Å². The fourth-order valence-corrected chi connectivity index (χ4v) is 2.99. The van der Waals surface area contributed by atoms with Crippen molar-refractivity contribution in [2.75, 3.05) is 11.1 Å². The molecule has 25 heavy (non-hydrogen) atoms. The minimum atomic E-state index is -1.31. The molecule has 0 fully saturated rings. The number of anilines is 1. The molecule has 0 unspecified atom stereocenters. The average molecular weight is 381 g/mol. The van der Waals surface area contributed by atoms with Crippen molar-refractivity contribution in [1.29, 1.82) is 0 Å². The lowest BCUT2D eigenvalue weighted by Crippen LogP contribution is -2.30. The molecular weight excluding hydrogens is 364 g/mol. The monoisotopic (exact) mass is 380 g/mol. The number of ether oxygens (including phenoxy) is 1. The highest BCUT2D eigenvalue weighted by atomic mass is 35.5. The number of halogens is 1. The first kappa shape index (κ1) is 19.1.